The summed E-state index contributed by atoms with van der Waals surface area (Å²) in [7, 11) is 0. The molecule has 1 N–H and O–H groups in total. The van der Waals surface area contributed by atoms with Crippen molar-refractivity contribution in [1.82, 2.24) is 4.57 Å². The first kappa shape index (κ1) is 29.5. The maximum absolute atomic E-state index is 3.59. The van der Waals surface area contributed by atoms with E-state index in [1.54, 1.807) is 0 Å². The summed E-state index contributed by atoms with van der Waals surface area (Å²) in [6.07, 6.45) is 0. The average Bonchev–Trinajstić information content (AvgIpc) is 3.74. The summed E-state index contributed by atoms with van der Waals surface area (Å²) in [6.45, 7) is 0. The lowest BCUT2D eigenvalue weighted by Gasteiger charge is -2.13. The fourth-order valence-corrected chi connectivity index (χ4v) is 8.73. The Hall–Kier alpha value is -6.42. The third kappa shape index (κ3) is 5.10. The molecule has 51 heavy (non-hydrogen) atoms. The zero-order valence-electron chi connectivity index (χ0n) is 27.8. The van der Waals surface area contributed by atoms with E-state index in [2.05, 4.69) is 192 Å². The van der Waals surface area contributed by atoms with E-state index in [0.717, 1.165) is 17.1 Å². The lowest BCUT2D eigenvalue weighted by molar-refractivity contribution is 1.18. The topological polar surface area (TPSA) is 17.0 Å². The number of benzene rings is 8. The zero-order chi connectivity index (χ0) is 33.7. The predicted molar refractivity (Wildman–Crippen MR) is 220 cm³/mol. The molecule has 0 saturated heterocycles. The Morgan fingerprint density at radius 2 is 1.00 bits per heavy atom. The smallest absolute Gasteiger partial charge is 0.0541 e. The van der Waals surface area contributed by atoms with Crippen LogP contribution in [0.5, 0.6) is 0 Å². The molecule has 0 aliphatic rings. The molecule has 0 saturated carbocycles. The molecule has 0 amide bonds. The van der Waals surface area contributed by atoms with Crippen LogP contribution in [-0.2, 0) is 0 Å². The molecule has 10 rings (SSSR count). The maximum Gasteiger partial charge on any atom is 0.0541 e. The minimum Gasteiger partial charge on any atom is -0.355 e. The van der Waals surface area contributed by atoms with Crippen LogP contribution in [0.4, 0.5) is 11.4 Å². The maximum atomic E-state index is 3.59. The molecule has 0 aliphatic carbocycles. The Labute approximate surface area is 300 Å². The number of nitrogens with zero attached hydrogens (tertiary/aromatic N) is 1. The summed E-state index contributed by atoms with van der Waals surface area (Å²) < 4.78 is 5.06. The zero-order valence-corrected chi connectivity index (χ0v) is 28.6. The summed E-state index contributed by atoms with van der Waals surface area (Å²) in [5, 5.41) is 8.77. The number of hydrogen-bond acceptors (Lipinski definition) is 2. The second kappa shape index (κ2) is 12.2. The second-order valence-corrected chi connectivity index (χ2v) is 14.1. The van der Waals surface area contributed by atoms with Crippen LogP contribution in [0.3, 0.4) is 0 Å². The predicted octanol–water partition coefficient (Wildman–Crippen LogP) is 13.9. The lowest BCUT2D eigenvalue weighted by Crippen LogP contribution is -1.94. The van der Waals surface area contributed by atoms with Crippen LogP contribution >= 0.6 is 11.3 Å². The largest absolute Gasteiger partial charge is 0.355 e. The van der Waals surface area contributed by atoms with Gasteiger partial charge >= 0.3 is 0 Å². The van der Waals surface area contributed by atoms with Crippen LogP contribution in [0.2, 0.25) is 0 Å². The first-order chi connectivity index (χ1) is 25.3. The van der Waals surface area contributed by atoms with Gasteiger partial charge in [-0.3, -0.25) is 0 Å². The number of aromatic nitrogens is 1. The molecule has 2 aromatic heterocycles. The Kier molecular flexibility index (Phi) is 7.04. The van der Waals surface area contributed by atoms with E-state index in [1.165, 1.54) is 75.4 Å². The van der Waals surface area contributed by atoms with Crippen molar-refractivity contribution in [2.45, 2.75) is 0 Å². The van der Waals surface area contributed by atoms with Gasteiger partial charge < -0.3 is 9.88 Å². The van der Waals surface area contributed by atoms with Crippen LogP contribution in [0.15, 0.2) is 188 Å². The molecule has 0 bridgehead atoms. The summed E-state index contributed by atoms with van der Waals surface area (Å²) in [5.41, 5.74) is 13.0. The third-order valence-corrected chi connectivity index (χ3v) is 11.2. The van der Waals surface area contributed by atoms with E-state index in [-0.39, 0.29) is 0 Å². The summed E-state index contributed by atoms with van der Waals surface area (Å²) in [6, 6.07) is 67.9. The molecule has 0 aliphatic heterocycles. The van der Waals surface area contributed by atoms with Crippen LogP contribution in [0.1, 0.15) is 0 Å². The molecule has 0 fully saturated rings. The van der Waals surface area contributed by atoms with Gasteiger partial charge in [0.15, 0.2) is 0 Å². The van der Waals surface area contributed by atoms with Gasteiger partial charge in [0.25, 0.3) is 0 Å². The molecule has 2 heterocycles. The number of hydrogen-bond donors (Lipinski definition) is 1. The molecule has 2 nitrogen and oxygen atoms in total. The van der Waals surface area contributed by atoms with Crippen molar-refractivity contribution in [2.24, 2.45) is 0 Å². The second-order valence-electron chi connectivity index (χ2n) is 13.0. The van der Waals surface area contributed by atoms with Gasteiger partial charge in [0, 0.05) is 53.6 Å². The highest BCUT2D eigenvalue weighted by Gasteiger charge is 2.15. The van der Waals surface area contributed by atoms with Crippen LogP contribution in [0, 0.1) is 0 Å². The van der Waals surface area contributed by atoms with Crippen LogP contribution < -0.4 is 5.32 Å². The average molecular weight is 669 g/mol. The standard InChI is InChI=1S/C48H32N2S/c1-2-11-36(12-3-1)49-43-17-7-4-13-38(43)33-23-21-32(22-24-33)35-27-30-45-42(31-35)40-14-5-8-18-44(40)50(45)37-28-25-34(26-29-37)39-16-10-20-47-48(39)41-15-6-9-19-46(41)51-47/h1-31,49H. The van der Waals surface area contributed by atoms with Crippen molar-refractivity contribution in [3.05, 3.63) is 188 Å². The fraction of sp³-hybridized carbons (Fsp3) is 0. The van der Waals surface area contributed by atoms with Crippen LogP contribution in [-0.4, -0.2) is 4.57 Å². The van der Waals surface area contributed by atoms with Gasteiger partial charge in [-0.15, -0.1) is 11.3 Å². The number of para-hydroxylation sites is 3. The van der Waals surface area contributed by atoms with Gasteiger partial charge in [-0.05, 0) is 88.5 Å². The Balaban J connectivity index is 1.01. The highest BCUT2D eigenvalue weighted by Crippen LogP contribution is 2.41. The molecule has 0 spiro atoms. The number of rotatable bonds is 6. The van der Waals surface area contributed by atoms with E-state index < -0.39 is 0 Å². The quantitative estimate of drug-likeness (QED) is 0.187. The third-order valence-electron chi connectivity index (χ3n) is 10.0. The highest BCUT2D eigenvalue weighted by atomic mass is 32.1. The van der Waals surface area contributed by atoms with Crippen molar-refractivity contribution >= 4 is 64.7 Å². The number of thiophene rings is 1. The van der Waals surface area contributed by atoms with Gasteiger partial charge in [-0.2, -0.15) is 0 Å². The van der Waals surface area contributed by atoms with Crippen molar-refractivity contribution in [3.8, 4) is 39.1 Å². The van der Waals surface area contributed by atoms with E-state index in [4.69, 9.17) is 0 Å². The van der Waals surface area contributed by atoms with Gasteiger partial charge in [-0.25, -0.2) is 0 Å². The Morgan fingerprint density at radius 3 is 1.86 bits per heavy atom. The molecule has 0 atom stereocenters. The molecule has 240 valence electrons. The summed E-state index contributed by atoms with van der Waals surface area (Å²) in [4.78, 5) is 0. The number of nitrogens with one attached hydrogen (secondary N) is 1. The molecular formula is C48H32N2S. The molecular weight excluding hydrogens is 637 g/mol. The van der Waals surface area contributed by atoms with Crippen molar-refractivity contribution in [2.75, 3.05) is 5.32 Å². The summed E-state index contributed by atoms with van der Waals surface area (Å²) >= 11 is 1.87. The Bertz CT molecular complexity index is 2860. The van der Waals surface area contributed by atoms with E-state index in [0.29, 0.717) is 0 Å². The highest BCUT2D eigenvalue weighted by molar-refractivity contribution is 7.25. The van der Waals surface area contributed by atoms with Gasteiger partial charge in [-0.1, -0.05) is 127 Å². The van der Waals surface area contributed by atoms with Gasteiger partial charge in [0.2, 0.25) is 0 Å². The molecule has 0 unspecified atom stereocenters. The normalized spacial score (nSPS) is 11.5. The number of anilines is 2. The first-order valence-corrected chi connectivity index (χ1v) is 18.2. The Morgan fingerprint density at radius 1 is 0.392 bits per heavy atom. The van der Waals surface area contributed by atoms with Gasteiger partial charge in [0.1, 0.15) is 0 Å². The van der Waals surface area contributed by atoms with Gasteiger partial charge in [0.05, 0.1) is 11.0 Å². The molecule has 10 aromatic rings. The molecule has 3 heteroatoms. The van der Waals surface area contributed by atoms with Crippen molar-refractivity contribution in [3.63, 3.8) is 0 Å². The monoisotopic (exact) mass is 668 g/mol. The van der Waals surface area contributed by atoms with Crippen LogP contribution in [0.25, 0.3) is 81.0 Å². The van der Waals surface area contributed by atoms with E-state index in [1.807, 2.05) is 17.4 Å². The molecule has 8 aromatic carbocycles. The van der Waals surface area contributed by atoms with E-state index in [9.17, 15) is 0 Å². The SMILES string of the molecule is c1ccc(Nc2ccccc2-c2ccc(-c3ccc4c(c3)c3ccccc3n4-c3ccc(-c4cccc5sc6ccccc6c45)cc3)cc2)cc1. The minimum absolute atomic E-state index is 1.08. The fourth-order valence-electron chi connectivity index (χ4n) is 7.60. The number of fused-ring (bicyclic) bond motifs is 6. The van der Waals surface area contributed by atoms with E-state index >= 15 is 0 Å². The van der Waals surface area contributed by atoms with Crippen molar-refractivity contribution < 1.29 is 0 Å². The molecule has 0 radical (unpaired) electrons. The van der Waals surface area contributed by atoms with Crippen molar-refractivity contribution in [1.29, 1.82) is 0 Å². The first-order valence-electron chi connectivity index (χ1n) is 17.3. The minimum atomic E-state index is 1.08. The summed E-state index contributed by atoms with van der Waals surface area (Å²) in [5.74, 6) is 0. The lowest BCUT2D eigenvalue weighted by atomic mass is 9.98.